The highest BCUT2D eigenvalue weighted by Crippen LogP contribution is 2.31. The molecule has 0 aliphatic carbocycles. The molecule has 3 N–H and O–H groups in total. The number of rotatable bonds is 11. The highest BCUT2D eigenvalue weighted by molar-refractivity contribution is 5.93. The summed E-state index contributed by atoms with van der Waals surface area (Å²) >= 11 is 0. The summed E-state index contributed by atoms with van der Waals surface area (Å²) in [5.74, 6) is 2.13. The van der Waals surface area contributed by atoms with Gasteiger partial charge < -0.3 is 25.2 Å². The summed E-state index contributed by atoms with van der Waals surface area (Å²) in [6.07, 6.45) is 2.74. The minimum absolute atomic E-state index is 0.0352. The first-order chi connectivity index (χ1) is 12.6. The van der Waals surface area contributed by atoms with Gasteiger partial charge in [0.1, 0.15) is 0 Å². The second kappa shape index (κ2) is 11.6. The van der Waals surface area contributed by atoms with Gasteiger partial charge in [-0.05, 0) is 50.7 Å². The lowest BCUT2D eigenvalue weighted by Crippen LogP contribution is -2.33. The van der Waals surface area contributed by atoms with E-state index in [1.54, 1.807) is 7.11 Å². The van der Waals surface area contributed by atoms with Gasteiger partial charge in [-0.25, -0.2) is 0 Å². The van der Waals surface area contributed by atoms with Crippen molar-refractivity contribution in [1.29, 1.82) is 0 Å². The van der Waals surface area contributed by atoms with Crippen LogP contribution in [0.2, 0.25) is 0 Å². The number of aliphatic hydroxyl groups is 1. The molecule has 6 nitrogen and oxygen atoms in total. The topological polar surface area (TPSA) is 75.1 Å². The first-order valence-corrected chi connectivity index (χ1v) is 9.55. The van der Waals surface area contributed by atoms with Gasteiger partial charge in [-0.1, -0.05) is 13.8 Å². The van der Waals surface area contributed by atoms with E-state index in [2.05, 4.69) is 24.5 Å². The lowest BCUT2D eigenvalue weighted by atomic mass is 9.79. The van der Waals surface area contributed by atoms with Crippen LogP contribution in [-0.4, -0.2) is 44.5 Å². The summed E-state index contributed by atoms with van der Waals surface area (Å²) in [4.78, 5) is 4.77. The SMILES string of the molecule is CCNC(=NCC(CC)(CC)CCO)Nc1ccc(OC)c(OCC)c1. The zero-order valence-electron chi connectivity index (χ0n) is 16.9. The molecule has 0 amide bonds. The number of guanidine groups is 1. The van der Waals surface area contributed by atoms with Crippen LogP contribution in [0.4, 0.5) is 5.69 Å². The van der Waals surface area contributed by atoms with Crippen LogP contribution in [0.5, 0.6) is 11.5 Å². The van der Waals surface area contributed by atoms with Crippen molar-refractivity contribution in [2.24, 2.45) is 10.4 Å². The largest absolute Gasteiger partial charge is 0.493 e. The first-order valence-electron chi connectivity index (χ1n) is 9.55. The molecular weight excluding hydrogens is 330 g/mol. The monoisotopic (exact) mass is 365 g/mol. The number of nitrogens with one attached hydrogen (secondary N) is 2. The van der Waals surface area contributed by atoms with E-state index in [4.69, 9.17) is 14.5 Å². The quantitative estimate of drug-likeness (QED) is 0.412. The summed E-state index contributed by atoms with van der Waals surface area (Å²) < 4.78 is 11.0. The standard InChI is InChI=1S/C20H35N3O3/c1-6-20(7-2,12-13-24)15-22-19(21-8-3)23-16-10-11-17(25-5)18(14-16)26-9-4/h10-11,14,24H,6-9,12-13,15H2,1-5H3,(H2,21,22,23). The fraction of sp³-hybridized carbons (Fsp3) is 0.650. The van der Waals surface area contributed by atoms with Crippen LogP contribution < -0.4 is 20.1 Å². The second-order valence-electron chi connectivity index (χ2n) is 6.30. The summed E-state index contributed by atoms with van der Waals surface area (Å²) in [5, 5.41) is 16.0. The van der Waals surface area contributed by atoms with E-state index in [-0.39, 0.29) is 12.0 Å². The van der Waals surface area contributed by atoms with Crippen LogP contribution >= 0.6 is 0 Å². The third kappa shape index (κ3) is 6.41. The van der Waals surface area contributed by atoms with Crippen LogP contribution in [0.25, 0.3) is 0 Å². The molecule has 0 aromatic heterocycles. The predicted molar refractivity (Wildman–Crippen MR) is 108 cm³/mol. The molecule has 0 fully saturated rings. The van der Waals surface area contributed by atoms with Crippen molar-refractivity contribution in [2.45, 2.75) is 47.0 Å². The van der Waals surface area contributed by atoms with E-state index in [0.717, 1.165) is 37.5 Å². The van der Waals surface area contributed by atoms with Crippen LogP contribution in [0.1, 0.15) is 47.0 Å². The van der Waals surface area contributed by atoms with Gasteiger partial charge in [0.2, 0.25) is 0 Å². The van der Waals surface area contributed by atoms with E-state index in [1.165, 1.54) is 0 Å². The van der Waals surface area contributed by atoms with Gasteiger partial charge in [-0.15, -0.1) is 0 Å². The van der Waals surface area contributed by atoms with Crippen molar-refractivity contribution < 1.29 is 14.6 Å². The summed E-state index contributed by atoms with van der Waals surface area (Å²) in [6, 6.07) is 5.73. The molecule has 0 bridgehead atoms. The molecule has 0 aliphatic rings. The van der Waals surface area contributed by atoms with E-state index in [9.17, 15) is 5.11 Å². The van der Waals surface area contributed by atoms with Crippen LogP contribution in [-0.2, 0) is 0 Å². The molecule has 26 heavy (non-hydrogen) atoms. The Balaban J connectivity index is 2.98. The van der Waals surface area contributed by atoms with Crippen molar-refractivity contribution in [3.05, 3.63) is 18.2 Å². The maximum absolute atomic E-state index is 9.39. The Morgan fingerprint density at radius 3 is 2.42 bits per heavy atom. The average molecular weight is 366 g/mol. The maximum Gasteiger partial charge on any atom is 0.195 e. The summed E-state index contributed by atoms with van der Waals surface area (Å²) in [5.41, 5.74) is 0.919. The Morgan fingerprint density at radius 2 is 1.88 bits per heavy atom. The molecule has 6 heteroatoms. The van der Waals surface area contributed by atoms with Crippen molar-refractivity contribution in [3.63, 3.8) is 0 Å². The number of anilines is 1. The van der Waals surface area contributed by atoms with Gasteiger partial charge in [0, 0.05) is 31.5 Å². The lowest BCUT2D eigenvalue weighted by Gasteiger charge is -2.29. The number of benzene rings is 1. The molecule has 0 radical (unpaired) electrons. The Kier molecular flexibility index (Phi) is 9.88. The molecule has 0 saturated heterocycles. The normalized spacial score (nSPS) is 12.0. The number of aliphatic imine (C=N–C) groups is 1. The number of hydrogen-bond donors (Lipinski definition) is 3. The van der Waals surface area contributed by atoms with Crippen LogP contribution in [0.3, 0.4) is 0 Å². The van der Waals surface area contributed by atoms with Crippen molar-refractivity contribution in [2.75, 3.05) is 38.7 Å². The molecule has 0 aliphatic heterocycles. The molecule has 0 atom stereocenters. The fourth-order valence-corrected chi connectivity index (χ4v) is 2.86. The number of methoxy groups -OCH3 is 1. The van der Waals surface area contributed by atoms with Gasteiger partial charge in [-0.2, -0.15) is 0 Å². The molecule has 0 unspecified atom stereocenters. The molecule has 1 rings (SSSR count). The molecule has 1 aromatic rings. The van der Waals surface area contributed by atoms with Crippen molar-refractivity contribution in [1.82, 2.24) is 5.32 Å². The third-order valence-electron chi connectivity index (χ3n) is 4.79. The Hall–Kier alpha value is -1.95. The molecular formula is C20H35N3O3. The summed E-state index contributed by atoms with van der Waals surface area (Å²) in [6.45, 7) is 10.5. The maximum atomic E-state index is 9.39. The van der Waals surface area contributed by atoms with E-state index < -0.39 is 0 Å². The number of ether oxygens (including phenoxy) is 2. The highest BCUT2D eigenvalue weighted by atomic mass is 16.5. The van der Waals surface area contributed by atoms with Gasteiger partial charge in [0.15, 0.2) is 17.5 Å². The zero-order valence-corrected chi connectivity index (χ0v) is 16.9. The van der Waals surface area contributed by atoms with Gasteiger partial charge in [0.05, 0.1) is 13.7 Å². The Bertz CT molecular complexity index is 557. The predicted octanol–water partition coefficient (Wildman–Crippen LogP) is 3.66. The van der Waals surface area contributed by atoms with Crippen LogP contribution in [0.15, 0.2) is 23.2 Å². The van der Waals surface area contributed by atoms with Crippen molar-refractivity contribution >= 4 is 11.6 Å². The van der Waals surface area contributed by atoms with Crippen LogP contribution in [0, 0.1) is 5.41 Å². The zero-order chi connectivity index (χ0) is 19.4. The average Bonchev–Trinajstić information content (AvgIpc) is 2.66. The fourth-order valence-electron chi connectivity index (χ4n) is 2.86. The smallest absolute Gasteiger partial charge is 0.195 e. The highest BCUT2D eigenvalue weighted by Gasteiger charge is 2.25. The van der Waals surface area contributed by atoms with Crippen molar-refractivity contribution in [3.8, 4) is 11.5 Å². The number of hydrogen-bond acceptors (Lipinski definition) is 4. The number of nitrogens with zero attached hydrogens (tertiary/aromatic N) is 1. The summed E-state index contributed by atoms with van der Waals surface area (Å²) in [7, 11) is 1.63. The minimum atomic E-state index is 0.0352. The third-order valence-corrected chi connectivity index (χ3v) is 4.79. The minimum Gasteiger partial charge on any atom is -0.493 e. The molecule has 0 saturated carbocycles. The lowest BCUT2D eigenvalue weighted by molar-refractivity contribution is 0.175. The van der Waals surface area contributed by atoms with Gasteiger partial charge in [-0.3, -0.25) is 4.99 Å². The van der Waals surface area contributed by atoms with E-state index in [1.807, 2.05) is 32.0 Å². The molecule has 0 heterocycles. The molecule has 1 aromatic carbocycles. The van der Waals surface area contributed by atoms with Gasteiger partial charge >= 0.3 is 0 Å². The van der Waals surface area contributed by atoms with E-state index >= 15 is 0 Å². The molecule has 0 spiro atoms. The van der Waals surface area contributed by atoms with E-state index in [0.29, 0.717) is 24.7 Å². The molecule has 148 valence electrons. The second-order valence-corrected chi connectivity index (χ2v) is 6.30. The number of aliphatic hydroxyl groups excluding tert-OH is 1. The Morgan fingerprint density at radius 1 is 1.15 bits per heavy atom. The first kappa shape index (κ1) is 22.1. The Labute approximate surface area is 158 Å². The van der Waals surface area contributed by atoms with Gasteiger partial charge in [0.25, 0.3) is 0 Å².